The van der Waals surface area contributed by atoms with E-state index in [4.69, 9.17) is 4.43 Å². The van der Waals surface area contributed by atoms with Crippen molar-refractivity contribution < 1.29 is 9.22 Å². The molecule has 0 aliphatic rings. The first-order valence-electron chi connectivity index (χ1n) is 10.7. The molecule has 0 aliphatic heterocycles. The average molecular weight is 417 g/mol. The molecule has 0 bridgehead atoms. The summed E-state index contributed by atoms with van der Waals surface area (Å²) in [7, 11) is -2.51. The summed E-state index contributed by atoms with van der Waals surface area (Å²) >= 11 is 0. The summed E-state index contributed by atoms with van der Waals surface area (Å²) in [5.41, 5.74) is 1.08. The fourth-order valence-electron chi connectivity index (χ4n) is 4.17. The molecule has 0 fully saturated rings. The van der Waals surface area contributed by atoms with Crippen molar-refractivity contribution >= 4 is 24.5 Å². The molecular weight excluding hydrogens is 384 g/mol. The molecule has 0 saturated heterocycles. The number of rotatable bonds is 9. The van der Waals surface area contributed by atoms with Gasteiger partial charge >= 0.3 is 0 Å². The van der Waals surface area contributed by atoms with Gasteiger partial charge < -0.3 is 4.43 Å². The van der Waals surface area contributed by atoms with Crippen LogP contribution >= 0.6 is 0 Å². The first-order valence-corrected chi connectivity index (χ1v) is 12.6. The molecule has 0 N–H and O–H groups in total. The molecule has 30 heavy (non-hydrogen) atoms. The van der Waals surface area contributed by atoms with Crippen LogP contribution in [-0.2, 0) is 15.6 Å². The van der Waals surface area contributed by atoms with Crippen LogP contribution in [-0.4, -0.2) is 20.7 Å². The fourth-order valence-corrected chi connectivity index (χ4v) is 8.77. The number of ketones is 1. The Morgan fingerprint density at radius 3 is 1.70 bits per heavy atom. The van der Waals surface area contributed by atoms with Gasteiger partial charge in [-0.05, 0) is 27.4 Å². The molecule has 0 radical (unpaired) electrons. The van der Waals surface area contributed by atoms with E-state index in [1.165, 1.54) is 10.4 Å². The van der Waals surface area contributed by atoms with Crippen LogP contribution in [0, 0.1) is 0 Å². The number of hydrogen-bond acceptors (Lipinski definition) is 2. The summed E-state index contributed by atoms with van der Waals surface area (Å²) in [6.07, 6.45) is 1.79. The Kier molecular flexibility index (Phi) is 7.41. The topological polar surface area (TPSA) is 26.3 Å². The van der Waals surface area contributed by atoms with Gasteiger partial charge in [0.2, 0.25) is 0 Å². The van der Waals surface area contributed by atoms with Crippen LogP contribution in [0.15, 0.2) is 91.0 Å². The van der Waals surface area contributed by atoms with E-state index < -0.39 is 8.32 Å². The van der Waals surface area contributed by atoms with Crippen LogP contribution in [0.5, 0.6) is 0 Å². The molecule has 3 heteroatoms. The molecule has 0 aliphatic carbocycles. The van der Waals surface area contributed by atoms with Gasteiger partial charge in [0.1, 0.15) is 5.78 Å². The molecular formula is C27H32O2Si. The van der Waals surface area contributed by atoms with Crippen LogP contribution in [0.1, 0.15) is 39.2 Å². The molecule has 0 saturated carbocycles. The lowest BCUT2D eigenvalue weighted by Gasteiger charge is -2.43. The van der Waals surface area contributed by atoms with Gasteiger partial charge in [0, 0.05) is 19.4 Å². The highest BCUT2D eigenvalue weighted by molar-refractivity contribution is 6.99. The third kappa shape index (κ3) is 5.16. The quantitative estimate of drug-likeness (QED) is 0.356. The van der Waals surface area contributed by atoms with Crippen LogP contribution < -0.4 is 10.4 Å². The Labute approximate surface area is 182 Å². The highest BCUT2D eigenvalue weighted by Crippen LogP contribution is 2.36. The van der Waals surface area contributed by atoms with Gasteiger partial charge in [-0.2, -0.15) is 0 Å². The van der Waals surface area contributed by atoms with E-state index >= 15 is 0 Å². The molecule has 0 amide bonds. The fraction of sp³-hybridized carbons (Fsp3) is 0.296. The van der Waals surface area contributed by atoms with Crippen molar-refractivity contribution in [2.24, 2.45) is 0 Å². The Balaban J connectivity index is 1.76. The van der Waals surface area contributed by atoms with Crippen molar-refractivity contribution in [1.29, 1.82) is 0 Å². The maximum absolute atomic E-state index is 12.4. The normalized spacial score (nSPS) is 12.0. The number of benzene rings is 3. The highest BCUT2D eigenvalue weighted by atomic mass is 28.4. The number of Topliss-reactive ketones (excluding diaryl/α,β-unsaturated/α-hetero) is 1. The van der Waals surface area contributed by atoms with E-state index in [1.54, 1.807) is 0 Å². The van der Waals surface area contributed by atoms with Gasteiger partial charge in [-0.1, -0.05) is 112 Å². The molecule has 0 atom stereocenters. The zero-order valence-electron chi connectivity index (χ0n) is 18.3. The minimum absolute atomic E-state index is 0.0379. The third-order valence-electron chi connectivity index (χ3n) is 5.58. The average Bonchev–Trinajstić information content (AvgIpc) is 2.75. The Morgan fingerprint density at radius 2 is 1.23 bits per heavy atom. The molecule has 0 spiro atoms. The standard InChI is InChI=1S/C27H32O2Si/c1-27(2,3)30(25-17-9-5-10-18-25,26-19-11-6-12-20-26)29-21-13-16-24(28)22-23-14-7-4-8-15-23/h4-12,14-15,17-20H,13,16,21-22H2,1-3H3. The summed E-state index contributed by atoms with van der Waals surface area (Å²) in [6, 6.07) is 31.2. The molecule has 0 aromatic heterocycles. The second-order valence-corrected chi connectivity index (χ2v) is 13.1. The molecule has 156 valence electrons. The predicted octanol–water partition coefficient (Wildman–Crippen LogP) is 5.16. The summed E-state index contributed by atoms with van der Waals surface area (Å²) in [5, 5.41) is 2.52. The van der Waals surface area contributed by atoms with Crippen molar-refractivity contribution in [2.45, 2.75) is 45.1 Å². The lowest BCUT2D eigenvalue weighted by molar-refractivity contribution is -0.118. The van der Waals surface area contributed by atoms with E-state index in [1.807, 2.05) is 30.3 Å². The van der Waals surface area contributed by atoms with E-state index in [2.05, 4.69) is 81.4 Å². The highest BCUT2D eigenvalue weighted by Gasteiger charge is 2.49. The summed E-state index contributed by atoms with van der Waals surface area (Å²) < 4.78 is 6.85. The first-order chi connectivity index (χ1) is 14.4. The zero-order chi connectivity index (χ0) is 21.5. The van der Waals surface area contributed by atoms with Crippen molar-refractivity contribution in [2.75, 3.05) is 6.61 Å². The van der Waals surface area contributed by atoms with Gasteiger partial charge in [-0.3, -0.25) is 4.79 Å². The molecule has 0 unspecified atom stereocenters. The Bertz CT molecular complexity index is 876. The van der Waals surface area contributed by atoms with Crippen molar-refractivity contribution in [1.82, 2.24) is 0 Å². The number of carbonyl (C=O) groups is 1. The number of hydrogen-bond donors (Lipinski definition) is 0. The Morgan fingerprint density at radius 1 is 0.767 bits per heavy atom. The summed E-state index contributed by atoms with van der Waals surface area (Å²) in [4.78, 5) is 12.4. The number of carbonyl (C=O) groups excluding carboxylic acids is 1. The van der Waals surface area contributed by atoms with Gasteiger partial charge in [0.25, 0.3) is 8.32 Å². The van der Waals surface area contributed by atoms with Gasteiger partial charge in [0.15, 0.2) is 0 Å². The third-order valence-corrected chi connectivity index (χ3v) is 10.6. The second-order valence-electron chi connectivity index (χ2n) is 8.82. The zero-order valence-corrected chi connectivity index (χ0v) is 19.3. The summed E-state index contributed by atoms with van der Waals surface area (Å²) in [5.74, 6) is 0.271. The van der Waals surface area contributed by atoms with Crippen LogP contribution in [0.2, 0.25) is 5.04 Å². The maximum Gasteiger partial charge on any atom is 0.261 e. The molecule has 3 aromatic rings. The van der Waals surface area contributed by atoms with Crippen LogP contribution in [0.3, 0.4) is 0 Å². The SMILES string of the molecule is CC(C)(C)[Si](OCCCC(=O)Cc1ccccc1)(c1ccccc1)c1ccccc1. The molecule has 2 nitrogen and oxygen atoms in total. The van der Waals surface area contributed by atoms with Gasteiger partial charge in [-0.15, -0.1) is 0 Å². The molecule has 3 rings (SSSR count). The first kappa shape index (κ1) is 22.2. The smallest absolute Gasteiger partial charge is 0.261 e. The minimum atomic E-state index is -2.51. The van der Waals surface area contributed by atoms with E-state index in [0.717, 1.165) is 12.0 Å². The second kappa shape index (κ2) is 10.0. The lowest BCUT2D eigenvalue weighted by atomic mass is 10.1. The van der Waals surface area contributed by atoms with Crippen LogP contribution in [0.4, 0.5) is 0 Å². The van der Waals surface area contributed by atoms with Gasteiger partial charge in [-0.25, -0.2) is 0 Å². The van der Waals surface area contributed by atoms with Crippen molar-refractivity contribution in [3.63, 3.8) is 0 Å². The lowest BCUT2D eigenvalue weighted by Crippen LogP contribution is -2.66. The summed E-state index contributed by atoms with van der Waals surface area (Å²) in [6.45, 7) is 7.42. The van der Waals surface area contributed by atoms with Crippen molar-refractivity contribution in [3.8, 4) is 0 Å². The van der Waals surface area contributed by atoms with Gasteiger partial charge in [0.05, 0.1) is 0 Å². The Hall–Kier alpha value is -2.49. The largest absolute Gasteiger partial charge is 0.407 e. The van der Waals surface area contributed by atoms with E-state index in [9.17, 15) is 4.79 Å². The predicted molar refractivity (Wildman–Crippen MR) is 128 cm³/mol. The van der Waals surface area contributed by atoms with Crippen molar-refractivity contribution in [3.05, 3.63) is 96.6 Å². The minimum Gasteiger partial charge on any atom is -0.407 e. The van der Waals surface area contributed by atoms with E-state index in [-0.39, 0.29) is 10.8 Å². The van der Waals surface area contributed by atoms with E-state index in [0.29, 0.717) is 19.4 Å². The monoisotopic (exact) mass is 416 g/mol. The maximum atomic E-state index is 12.4. The molecule has 3 aromatic carbocycles. The van der Waals surface area contributed by atoms with Crippen LogP contribution in [0.25, 0.3) is 0 Å². The molecule has 0 heterocycles.